The topological polar surface area (TPSA) is 78.4 Å². The second kappa shape index (κ2) is 7.14. The number of nitrogens with one attached hydrogen (secondary N) is 1. The Kier molecular flexibility index (Phi) is 4.76. The van der Waals surface area contributed by atoms with Gasteiger partial charge in [-0.25, -0.2) is 9.97 Å². The first kappa shape index (κ1) is 16.0. The molecule has 0 aliphatic heterocycles. The highest BCUT2D eigenvalue weighted by atomic mass is 32.1. The van der Waals surface area contributed by atoms with Crippen molar-refractivity contribution in [2.24, 2.45) is 0 Å². The number of hydrogen-bond acceptors (Lipinski definition) is 8. The van der Waals surface area contributed by atoms with Crippen LogP contribution in [0.3, 0.4) is 0 Å². The Morgan fingerprint density at radius 3 is 2.33 bits per heavy atom. The van der Waals surface area contributed by atoms with Crippen molar-refractivity contribution < 1.29 is 14.2 Å². The Morgan fingerprint density at radius 2 is 1.75 bits per heavy atom. The maximum Gasteiger partial charge on any atom is 0.203 e. The van der Waals surface area contributed by atoms with Gasteiger partial charge in [-0.3, -0.25) is 4.98 Å². The molecule has 2 aromatic heterocycles. The molecule has 0 saturated carbocycles. The van der Waals surface area contributed by atoms with Crippen LogP contribution >= 0.6 is 11.3 Å². The van der Waals surface area contributed by atoms with Crippen molar-refractivity contribution in [2.75, 3.05) is 26.6 Å². The zero-order valence-electron chi connectivity index (χ0n) is 13.4. The SMILES string of the molecule is COc1cc(-c2csc(Nc3cnccn3)n2)cc(OC)c1OC. The number of hydrogen-bond donors (Lipinski definition) is 1. The highest BCUT2D eigenvalue weighted by molar-refractivity contribution is 7.14. The minimum atomic E-state index is 0.553. The Labute approximate surface area is 143 Å². The molecule has 2 heterocycles. The molecular weight excluding hydrogens is 328 g/mol. The quantitative estimate of drug-likeness (QED) is 0.734. The highest BCUT2D eigenvalue weighted by Gasteiger charge is 2.15. The Bertz CT molecular complexity index is 798. The summed E-state index contributed by atoms with van der Waals surface area (Å²) in [5.41, 5.74) is 1.67. The highest BCUT2D eigenvalue weighted by Crippen LogP contribution is 2.41. The molecular formula is C16H16N4O3S. The monoisotopic (exact) mass is 344 g/mol. The second-order valence-corrected chi connectivity index (χ2v) is 5.53. The standard InChI is InChI=1S/C16H16N4O3S/c1-21-12-6-10(7-13(22-2)15(12)23-3)11-9-24-16(19-11)20-14-8-17-4-5-18-14/h4-9H,1-3H3,(H,18,19,20). The number of rotatable bonds is 6. The largest absolute Gasteiger partial charge is 0.493 e. The van der Waals surface area contributed by atoms with E-state index >= 15 is 0 Å². The molecule has 8 heteroatoms. The number of benzene rings is 1. The van der Waals surface area contributed by atoms with Gasteiger partial charge in [0.1, 0.15) is 0 Å². The van der Waals surface area contributed by atoms with E-state index in [2.05, 4.69) is 20.3 Å². The summed E-state index contributed by atoms with van der Waals surface area (Å²) in [6.45, 7) is 0. The number of anilines is 2. The van der Waals surface area contributed by atoms with Crippen molar-refractivity contribution in [3.05, 3.63) is 36.1 Å². The Morgan fingerprint density at radius 1 is 1.00 bits per heavy atom. The van der Waals surface area contributed by atoms with E-state index in [1.54, 1.807) is 39.9 Å². The lowest BCUT2D eigenvalue weighted by Crippen LogP contribution is -1.96. The molecule has 124 valence electrons. The number of ether oxygens (including phenoxy) is 3. The minimum Gasteiger partial charge on any atom is -0.493 e. The van der Waals surface area contributed by atoms with Crippen molar-refractivity contribution >= 4 is 22.3 Å². The molecule has 1 N–H and O–H groups in total. The van der Waals surface area contributed by atoms with Gasteiger partial charge in [-0.05, 0) is 12.1 Å². The fraction of sp³-hybridized carbons (Fsp3) is 0.188. The van der Waals surface area contributed by atoms with Crippen LogP contribution in [0, 0.1) is 0 Å². The first-order valence-corrected chi connectivity index (χ1v) is 7.92. The molecule has 0 bridgehead atoms. The molecule has 0 radical (unpaired) electrons. The summed E-state index contributed by atoms with van der Waals surface area (Å²) < 4.78 is 16.1. The molecule has 0 unspecified atom stereocenters. The first-order valence-electron chi connectivity index (χ1n) is 7.04. The molecule has 0 fully saturated rings. The summed E-state index contributed by atoms with van der Waals surface area (Å²) >= 11 is 1.47. The summed E-state index contributed by atoms with van der Waals surface area (Å²) in [6, 6.07) is 3.73. The zero-order chi connectivity index (χ0) is 16.9. The summed E-state index contributed by atoms with van der Waals surface area (Å²) in [7, 11) is 4.75. The van der Waals surface area contributed by atoms with Gasteiger partial charge in [0.15, 0.2) is 22.4 Å². The molecule has 1 aromatic carbocycles. The van der Waals surface area contributed by atoms with Crippen LogP contribution in [0.5, 0.6) is 17.2 Å². The number of nitrogens with zero attached hydrogens (tertiary/aromatic N) is 3. The number of methoxy groups -OCH3 is 3. The van der Waals surface area contributed by atoms with Crippen molar-refractivity contribution in [3.63, 3.8) is 0 Å². The summed E-state index contributed by atoms with van der Waals surface area (Å²) in [6.07, 6.45) is 4.88. The van der Waals surface area contributed by atoms with E-state index < -0.39 is 0 Å². The second-order valence-electron chi connectivity index (χ2n) is 4.67. The number of aromatic nitrogens is 3. The smallest absolute Gasteiger partial charge is 0.203 e. The van der Waals surface area contributed by atoms with Crippen LogP contribution in [0.2, 0.25) is 0 Å². The summed E-state index contributed by atoms with van der Waals surface area (Å²) in [5, 5.41) is 5.79. The average molecular weight is 344 g/mol. The van der Waals surface area contributed by atoms with Crippen molar-refractivity contribution in [1.29, 1.82) is 0 Å². The normalized spacial score (nSPS) is 10.3. The fourth-order valence-corrected chi connectivity index (χ4v) is 2.89. The maximum atomic E-state index is 5.38. The van der Waals surface area contributed by atoms with Gasteiger partial charge < -0.3 is 19.5 Å². The molecule has 0 atom stereocenters. The van der Waals surface area contributed by atoms with Crippen molar-refractivity contribution in [3.8, 4) is 28.5 Å². The third-order valence-electron chi connectivity index (χ3n) is 3.26. The lowest BCUT2D eigenvalue weighted by atomic mass is 10.1. The van der Waals surface area contributed by atoms with Gasteiger partial charge in [-0.1, -0.05) is 0 Å². The van der Waals surface area contributed by atoms with Gasteiger partial charge in [0.25, 0.3) is 0 Å². The summed E-state index contributed by atoms with van der Waals surface area (Å²) in [5.74, 6) is 2.37. The Balaban J connectivity index is 1.92. The predicted octanol–water partition coefficient (Wildman–Crippen LogP) is 3.37. The average Bonchev–Trinajstić information content (AvgIpc) is 3.09. The van der Waals surface area contributed by atoms with Crippen molar-refractivity contribution in [2.45, 2.75) is 0 Å². The van der Waals surface area contributed by atoms with Crippen LogP contribution in [-0.4, -0.2) is 36.3 Å². The van der Waals surface area contributed by atoms with Gasteiger partial charge >= 0.3 is 0 Å². The molecule has 7 nitrogen and oxygen atoms in total. The lowest BCUT2D eigenvalue weighted by molar-refractivity contribution is 0.324. The zero-order valence-corrected chi connectivity index (χ0v) is 14.3. The molecule has 0 aliphatic carbocycles. The van der Waals surface area contributed by atoms with Crippen LogP contribution < -0.4 is 19.5 Å². The third kappa shape index (κ3) is 3.23. The maximum absolute atomic E-state index is 5.38. The van der Waals surface area contributed by atoms with Crippen LogP contribution in [0.25, 0.3) is 11.3 Å². The third-order valence-corrected chi connectivity index (χ3v) is 4.02. The van der Waals surface area contributed by atoms with Crippen molar-refractivity contribution in [1.82, 2.24) is 15.0 Å². The molecule has 0 spiro atoms. The van der Waals surface area contributed by atoms with Crippen LogP contribution in [0.4, 0.5) is 10.9 Å². The van der Waals surface area contributed by atoms with E-state index in [0.29, 0.717) is 23.1 Å². The van der Waals surface area contributed by atoms with Gasteiger partial charge in [0.2, 0.25) is 5.75 Å². The fourth-order valence-electron chi connectivity index (χ4n) is 2.17. The van der Waals surface area contributed by atoms with Crippen LogP contribution in [-0.2, 0) is 0 Å². The van der Waals surface area contributed by atoms with E-state index in [4.69, 9.17) is 14.2 Å². The van der Waals surface area contributed by atoms with E-state index in [0.717, 1.165) is 16.4 Å². The minimum absolute atomic E-state index is 0.553. The molecule has 0 amide bonds. The number of thiazole rings is 1. The molecule has 3 rings (SSSR count). The van der Waals surface area contributed by atoms with E-state index in [-0.39, 0.29) is 0 Å². The van der Waals surface area contributed by atoms with Gasteiger partial charge in [0, 0.05) is 23.3 Å². The van der Waals surface area contributed by atoms with Crippen LogP contribution in [0.1, 0.15) is 0 Å². The molecule has 24 heavy (non-hydrogen) atoms. The predicted molar refractivity (Wildman–Crippen MR) is 92.5 cm³/mol. The first-order chi connectivity index (χ1) is 11.7. The van der Waals surface area contributed by atoms with Gasteiger partial charge in [-0.2, -0.15) is 0 Å². The summed E-state index contributed by atoms with van der Waals surface area (Å²) in [4.78, 5) is 12.8. The van der Waals surface area contributed by atoms with E-state index in [1.807, 2.05) is 17.5 Å². The molecule has 0 saturated heterocycles. The van der Waals surface area contributed by atoms with E-state index in [9.17, 15) is 0 Å². The van der Waals surface area contributed by atoms with Gasteiger partial charge in [0.05, 0.1) is 33.2 Å². The molecule has 0 aliphatic rings. The van der Waals surface area contributed by atoms with Gasteiger partial charge in [-0.15, -0.1) is 11.3 Å². The van der Waals surface area contributed by atoms with Crippen LogP contribution in [0.15, 0.2) is 36.1 Å². The van der Waals surface area contributed by atoms with E-state index in [1.165, 1.54) is 11.3 Å². The molecule has 3 aromatic rings. The Hall–Kier alpha value is -2.87. The lowest BCUT2D eigenvalue weighted by Gasteiger charge is -2.13.